The number of nitrogens with zero attached hydrogens (tertiary/aromatic N) is 4. The van der Waals surface area contributed by atoms with Crippen LogP contribution in [0.1, 0.15) is 6.42 Å². The number of para-hydroxylation sites is 2. The van der Waals surface area contributed by atoms with Gasteiger partial charge in [-0.3, -0.25) is 4.40 Å². The van der Waals surface area contributed by atoms with Crippen LogP contribution in [0, 0.1) is 0 Å². The maximum absolute atomic E-state index is 5.33. The molecule has 0 spiro atoms. The first-order valence-electron chi connectivity index (χ1n) is 8.72. The first-order valence-corrected chi connectivity index (χ1v) is 12.0. The van der Waals surface area contributed by atoms with E-state index >= 15 is 0 Å². The van der Waals surface area contributed by atoms with Gasteiger partial charge in [0.05, 0.1) is 32.5 Å². The second-order valence-electron chi connectivity index (χ2n) is 6.27. The number of hydrogen-bond donors (Lipinski definition) is 0. The van der Waals surface area contributed by atoms with Crippen molar-refractivity contribution >= 4 is 52.9 Å². The van der Waals surface area contributed by atoms with Gasteiger partial charge in [-0.1, -0.05) is 24.3 Å². The van der Waals surface area contributed by atoms with Gasteiger partial charge in [0.25, 0.3) is 0 Å². The zero-order valence-corrected chi connectivity index (χ0v) is 17.9. The molecule has 2 aromatic heterocycles. The van der Waals surface area contributed by atoms with Gasteiger partial charge in [-0.25, -0.2) is 9.97 Å². The summed E-state index contributed by atoms with van der Waals surface area (Å²) < 4.78 is 7.45. The third-order valence-electron chi connectivity index (χ3n) is 4.58. The molecule has 27 heavy (non-hydrogen) atoms. The van der Waals surface area contributed by atoms with Gasteiger partial charge in [-0.15, -0.1) is 0 Å². The maximum atomic E-state index is 5.33. The highest BCUT2D eigenvalue weighted by Crippen LogP contribution is 2.26. The second kappa shape index (κ2) is 8.45. The highest BCUT2D eigenvalue weighted by atomic mass is 127. The van der Waals surface area contributed by atoms with Gasteiger partial charge in [-0.2, -0.15) is 0 Å². The number of anilines is 1. The quantitative estimate of drug-likeness (QED) is 0.198. The van der Waals surface area contributed by atoms with E-state index in [1.165, 1.54) is 14.9 Å². The summed E-state index contributed by atoms with van der Waals surface area (Å²) in [5, 5.41) is 0. The Morgan fingerprint density at radius 1 is 1.11 bits per heavy atom. The van der Waals surface area contributed by atoms with Crippen LogP contribution in [-0.4, -0.2) is 34.6 Å². The Morgan fingerprint density at radius 3 is 2.74 bits per heavy atom. The van der Waals surface area contributed by atoms with Gasteiger partial charge in [0.2, 0.25) is 5.78 Å². The zero-order chi connectivity index (χ0) is 18.6. The highest BCUT2D eigenvalue weighted by Gasteiger charge is 2.10. The SMILES string of the molecule is CN(CCCOSI)c1ccc(-c2ccnc3nc4ccccc4n23)cc1. The van der Waals surface area contributed by atoms with Crippen LogP contribution in [0.15, 0.2) is 60.8 Å². The van der Waals surface area contributed by atoms with Crippen molar-refractivity contribution in [2.24, 2.45) is 0 Å². The van der Waals surface area contributed by atoms with E-state index in [9.17, 15) is 0 Å². The third kappa shape index (κ3) is 3.90. The maximum Gasteiger partial charge on any atom is 0.235 e. The largest absolute Gasteiger partial charge is 0.375 e. The number of benzene rings is 2. The van der Waals surface area contributed by atoms with Gasteiger partial charge in [0.1, 0.15) is 0 Å². The molecule has 0 atom stereocenters. The molecule has 0 aliphatic heterocycles. The Kier molecular flexibility index (Phi) is 5.80. The zero-order valence-electron chi connectivity index (χ0n) is 14.9. The molecule has 0 N–H and O–H groups in total. The highest BCUT2D eigenvalue weighted by molar-refractivity contribution is 14.2. The van der Waals surface area contributed by atoms with Crippen LogP contribution < -0.4 is 4.90 Å². The third-order valence-corrected chi connectivity index (χ3v) is 5.59. The molecule has 0 aliphatic carbocycles. The lowest BCUT2D eigenvalue weighted by Gasteiger charge is -2.19. The summed E-state index contributed by atoms with van der Waals surface area (Å²) in [6.07, 6.45) is 2.82. The minimum absolute atomic E-state index is 0.725. The summed E-state index contributed by atoms with van der Waals surface area (Å²) in [5.41, 5.74) is 5.47. The Balaban J connectivity index is 1.62. The van der Waals surface area contributed by atoms with Gasteiger partial charge < -0.3 is 9.08 Å². The topological polar surface area (TPSA) is 42.7 Å². The summed E-state index contributed by atoms with van der Waals surface area (Å²) in [6, 6.07) is 18.8. The molecule has 0 saturated heterocycles. The fourth-order valence-corrected chi connectivity index (χ4v) is 3.94. The summed E-state index contributed by atoms with van der Waals surface area (Å²) >= 11 is 2.15. The number of fused-ring (bicyclic) bond motifs is 3. The molecule has 4 rings (SSSR count). The molecule has 0 fully saturated rings. The van der Waals surface area contributed by atoms with E-state index in [0.717, 1.165) is 47.6 Å². The minimum Gasteiger partial charge on any atom is -0.375 e. The minimum atomic E-state index is 0.725. The van der Waals surface area contributed by atoms with Gasteiger partial charge >= 0.3 is 0 Å². The summed E-state index contributed by atoms with van der Waals surface area (Å²) in [5.74, 6) is 0.725. The van der Waals surface area contributed by atoms with Crippen molar-refractivity contribution in [2.45, 2.75) is 6.42 Å². The molecular weight excluding hydrogens is 471 g/mol. The van der Waals surface area contributed by atoms with E-state index < -0.39 is 0 Å². The molecule has 7 heteroatoms. The average Bonchev–Trinajstić information content (AvgIpc) is 3.10. The van der Waals surface area contributed by atoms with Crippen LogP contribution in [0.25, 0.3) is 28.1 Å². The Morgan fingerprint density at radius 2 is 1.93 bits per heavy atom. The molecule has 0 saturated carbocycles. The number of aromatic nitrogens is 3. The molecule has 0 amide bonds. The molecule has 0 unspecified atom stereocenters. The van der Waals surface area contributed by atoms with Gasteiger partial charge in [-0.05, 0) is 42.3 Å². The van der Waals surface area contributed by atoms with Crippen molar-refractivity contribution in [3.8, 4) is 11.3 Å². The first-order chi connectivity index (χ1) is 13.3. The lowest BCUT2D eigenvalue weighted by Crippen LogP contribution is -2.19. The van der Waals surface area contributed by atoms with Crippen molar-refractivity contribution in [2.75, 3.05) is 25.1 Å². The molecular formula is C20H19IN4OS. The molecule has 0 bridgehead atoms. The fourth-order valence-electron chi connectivity index (χ4n) is 3.22. The molecule has 0 aliphatic rings. The first kappa shape index (κ1) is 18.5. The average molecular weight is 490 g/mol. The lowest BCUT2D eigenvalue weighted by molar-refractivity contribution is 0.373. The standard InChI is InChI=1S/C20H19IN4OS/c1-24(13-4-14-26-27-21)16-9-7-15(8-10-16)18-11-12-22-20-23-17-5-2-3-6-19(17)25(18)20/h2-3,5-12H,4,13-14H2,1H3. The van der Waals surface area contributed by atoms with E-state index in [0.29, 0.717) is 0 Å². The Hall–Kier alpha value is -1.84. The van der Waals surface area contributed by atoms with Gasteiger partial charge in [0.15, 0.2) is 0 Å². The normalized spacial score (nSPS) is 11.3. The lowest BCUT2D eigenvalue weighted by atomic mass is 10.1. The van der Waals surface area contributed by atoms with Crippen molar-refractivity contribution < 1.29 is 4.18 Å². The molecule has 0 radical (unpaired) electrons. The van der Waals surface area contributed by atoms with Crippen LogP contribution in [0.3, 0.4) is 0 Å². The summed E-state index contributed by atoms with van der Waals surface area (Å²) in [7, 11) is 3.50. The molecule has 4 aromatic rings. The van der Waals surface area contributed by atoms with E-state index in [4.69, 9.17) is 4.18 Å². The monoisotopic (exact) mass is 490 g/mol. The molecule has 2 aromatic carbocycles. The smallest absolute Gasteiger partial charge is 0.235 e. The number of hydrogen-bond acceptors (Lipinski definition) is 5. The Labute approximate surface area is 174 Å². The fraction of sp³-hybridized carbons (Fsp3) is 0.200. The van der Waals surface area contributed by atoms with Crippen molar-refractivity contribution in [3.05, 3.63) is 60.8 Å². The van der Waals surface area contributed by atoms with Crippen molar-refractivity contribution in [3.63, 3.8) is 0 Å². The van der Waals surface area contributed by atoms with Crippen LogP contribution in [0.4, 0.5) is 5.69 Å². The number of imidazole rings is 1. The van der Waals surface area contributed by atoms with E-state index in [1.807, 2.05) is 30.5 Å². The van der Waals surface area contributed by atoms with E-state index in [-0.39, 0.29) is 0 Å². The van der Waals surface area contributed by atoms with Crippen LogP contribution >= 0.6 is 30.4 Å². The molecule has 2 heterocycles. The predicted octanol–water partition coefficient (Wildman–Crippen LogP) is 5.39. The van der Waals surface area contributed by atoms with E-state index in [2.05, 4.69) is 77.9 Å². The number of rotatable bonds is 7. The molecule has 5 nitrogen and oxygen atoms in total. The summed E-state index contributed by atoms with van der Waals surface area (Å²) in [6.45, 7) is 1.72. The Bertz CT molecular complexity index is 1050. The van der Waals surface area contributed by atoms with Crippen LogP contribution in [0.2, 0.25) is 0 Å². The summed E-state index contributed by atoms with van der Waals surface area (Å²) in [4.78, 5) is 11.3. The van der Waals surface area contributed by atoms with Gasteiger partial charge in [0, 0.05) is 46.7 Å². The van der Waals surface area contributed by atoms with Crippen molar-refractivity contribution in [1.82, 2.24) is 14.4 Å². The predicted molar refractivity (Wildman–Crippen MR) is 121 cm³/mol. The van der Waals surface area contributed by atoms with Crippen LogP contribution in [-0.2, 0) is 4.18 Å². The van der Waals surface area contributed by atoms with Crippen LogP contribution in [0.5, 0.6) is 0 Å². The molecule has 138 valence electrons. The number of halogens is 1. The van der Waals surface area contributed by atoms with E-state index in [1.54, 1.807) is 0 Å². The second-order valence-corrected chi connectivity index (χ2v) is 7.71. The van der Waals surface area contributed by atoms with Crippen molar-refractivity contribution in [1.29, 1.82) is 0 Å².